The normalized spacial score (nSPS) is 23.4. The molecule has 0 radical (unpaired) electrons. The number of carbonyl (C=O) groups is 1. The smallest absolute Gasteiger partial charge is 0.416 e. The third-order valence-electron chi connectivity index (χ3n) is 3.78. The first kappa shape index (κ1) is 15.0. The average Bonchev–Trinajstić information content (AvgIpc) is 3.05. The van der Waals surface area contributed by atoms with Crippen molar-refractivity contribution < 1.29 is 35.9 Å². The summed E-state index contributed by atoms with van der Waals surface area (Å²) < 4.78 is 81.8. The van der Waals surface area contributed by atoms with E-state index in [0.717, 1.165) is 0 Å². The van der Waals surface area contributed by atoms with Gasteiger partial charge in [-0.05, 0) is 36.6 Å². The van der Waals surface area contributed by atoms with Gasteiger partial charge in [0.2, 0.25) is 0 Å². The average molecular weight is 325 g/mol. The summed E-state index contributed by atoms with van der Waals surface area (Å²) in [4.78, 5) is 11.3. The first-order chi connectivity index (χ1) is 10.0. The summed E-state index contributed by atoms with van der Waals surface area (Å²) in [7, 11) is 0. The van der Waals surface area contributed by atoms with Crippen LogP contribution in [-0.2, 0) is 17.1 Å². The fourth-order valence-corrected chi connectivity index (χ4v) is 2.56. The van der Waals surface area contributed by atoms with Crippen LogP contribution in [0.3, 0.4) is 0 Å². The van der Waals surface area contributed by atoms with Crippen LogP contribution in [0.4, 0.5) is 31.1 Å². The van der Waals surface area contributed by atoms with Crippen LogP contribution in [0.1, 0.15) is 35.6 Å². The van der Waals surface area contributed by atoms with Crippen molar-refractivity contribution in [2.75, 3.05) is 0 Å². The molecule has 3 nitrogen and oxygen atoms in total. The van der Waals surface area contributed by atoms with E-state index in [1.54, 1.807) is 0 Å². The highest BCUT2D eigenvalue weighted by Gasteiger charge is 2.58. The summed E-state index contributed by atoms with van der Waals surface area (Å²) >= 11 is 0. The fourth-order valence-electron chi connectivity index (χ4n) is 2.56. The number of hydrogen-bond donors (Lipinski definition) is 1. The molecular weight excluding hydrogens is 316 g/mol. The molecule has 120 valence electrons. The highest BCUT2D eigenvalue weighted by molar-refractivity contribution is 5.73. The summed E-state index contributed by atoms with van der Waals surface area (Å²) in [5, 5.41) is 2.45. The molecule has 1 unspecified atom stereocenters. The Hall–Kier alpha value is -1.93. The van der Waals surface area contributed by atoms with Crippen LogP contribution in [-0.4, -0.2) is 11.6 Å². The molecule has 1 heterocycles. The summed E-state index contributed by atoms with van der Waals surface area (Å²) in [5.74, 6) is 0. The van der Waals surface area contributed by atoms with Gasteiger partial charge in [0.15, 0.2) is 6.10 Å². The number of cyclic esters (lactones) is 1. The number of alkyl carbamates (subject to hydrolysis) is 1. The first-order valence-corrected chi connectivity index (χ1v) is 6.29. The van der Waals surface area contributed by atoms with E-state index < -0.39 is 41.2 Å². The highest BCUT2D eigenvalue weighted by atomic mass is 19.4. The van der Waals surface area contributed by atoms with Gasteiger partial charge in [0, 0.05) is 0 Å². The van der Waals surface area contributed by atoms with Crippen molar-refractivity contribution in [3.05, 3.63) is 34.9 Å². The van der Waals surface area contributed by atoms with Gasteiger partial charge in [0.05, 0.1) is 16.7 Å². The SMILES string of the molecule is O=C1NC2(CC2)C(c2cc(C(F)(F)F)cc(C(F)(F)F)c2)O1. The molecular formula is C13H9F6NO2. The van der Waals surface area contributed by atoms with Gasteiger partial charge in [0.25, 0.3) is 0 Å². The fraction of sp³-hybridized carbons (Fsp3) is 0.462. The van der Waals surface area contributed by atoms with Crippen molar-refractivity contribution in [1.82, 2.24) is 5.32 Å². The van der Waals surface area contributed by atoms with Gasteiger partial charge in [0.1, 0.15) is 0 Å². The molecule has 1 aliphatic carbocycles. The van der Waals surface area contributed by atoms with Crippen LogP contribution < -0.4 is 5.32 Å². The van der Waals surface area contributed by atoms with Crippen LogP contribution in [0.25, 0.3) is 0 Å². The van der Waals surface area contributed by atoms with Crippen LogP contribution in [0.2, 0.25) is 0 Å². The molecule has 1 spiro atoms. The summed E-state index contributed by atoms with van der Waals surface area (Å²) in [6.07, 6.45) is -11.0. The molecule has 1 N–H and O–H groups in total. The Morgan fingerprint density at radius 2 is 1.50 bits per heavy atom. The quantitative estimate of drug-likeness (QED) is 0.792. The zero-order chi connectivity index (χ0) is 16.3. The van der Waals surface area contributed by atoms with E-state index in [0.29, 0.717) is 25.0 Å². The lowest BCUT2D eigenvalue weighted by Gasteiger charge is -2.19. The Kier molecular flexibility index (Phi) is 2.93. The number of rotatable bonds is 1. The van der Waals surface area contributed by atoms with Gasteiger partial charge < -0.3 is 10.1 Å². The molecule has 1 aromatic rings. The lowest BCUT2D eigenvalue weighted by Crippen LogP contribution is -2.29. The number of halogens is 6. The molecule has 0 bridgehead atoms. The number of amides is 1. The van der Waals surface area contributed by atoms with E-state index in [2.05, 4.69) is 5.32 Å². The van der Waals surface area contributed by atoms with Crippen molar-refractivity contribution >= 4 is 6.09 Å². The molecule has 1 aliphatic heterocycles. The Morgan fingerprint density at radius 3 is 1.91 bits per heavy atom. The van der Waals surface area contributed by atoms with E-state index in [4.69, 9.17) is 4.74 Å². The minimum atomic E-state index is -4.93. The molecule has 22 heavy (non-hydrogen) atoms. The van der Waals surface area contributed by atoms with Crippen molar-refractivity contribution in [3.63, 3.8) is 0 Å². The van der Waals surface area contributed by atoms with Crippen molar-refractivity contribution in [2.45, 2.75) is 36.8 Å². The molecule has 1 saturated heterocycles. The molecule has 2 fully saturated rings. The van der Waals surface area contributed by atoms with Gasteiger partial charge in [-0.3, -0.25) is 0 Å². The Labute approximate surface area is 120 Å². The van der Waals surface area contributed by atoms with Crippen molar-refractivity contribution in [2.24, 2.45) is 0 Å². The zero-order valence-electron chi connectivity index (χ0n) is 10.8. The Morgan fingerprint density at radius 1 is 1.00 bits per heavy atom. The third kappa shape index (κ3) is 2.48. The van der Waals surface area contributed by atoms with Crippen LogP contribution in [0.5, 0.6) is 0 Å². The van der Waals surface area contributed by atoms with E-state index in [1.807, 2.05) is 0 Å². The molecule has 9 heteroatoms. The predicted octanol–water partition coefficient (Wildman–Crippen LogP) is 4.04. The second-order valence-corrected chi connectivity index (χ2v) is 5.41. The number of benzene rings is 1. The molecule has 1 amide bonds. The van der Waals surface area contributed by atoms with Crippen LogP contribution in [0, 0.1) is 0 Å². The van der Waals surface area contributed by atoms with Gasteiger partial charge in [-0.15, -0.1) is 0 Å². The second kappa shape index (κ2) is 4.30. The zero-order valence-corrected chi connectivity index (χ0v) is 10.8. The Bertz CT molecular complexity index is 600. The molecule has 1 saturated carbocycles. The number of carbonyl (C=O) groups excluding carboxylic acids is 1. The van der Waals surface area contributed by atoms with E-state index >= 15 is 0 Å². The molecule has 3 rings (SSSR count). The third-order valence-corrected chi connectivity index (χ3v) is 3.78. The predicted molar refractivity (Wildman–Crippen MR) is 60.8 cm³/mol. The lowest BCUT2D eigenvalue weighted by atomic mass is 9.96. The number of alkyl halides is 6. The second-order valence-electron chi connectivity index (χ2n) is 5.41. The van der Waals surface area contributed by atoms with Crippen molar-refractivity contribution in [3.8, 4) is 0 Å². The van der Waals surface area contributed by atoms with Crippen LogP contribution >= 0.6 is 0 Å². The van der Waals surface area contributed by atoms with E-state index in [-0.39, 0.29) is 11.6 Å². The maximum atomic E-state index is 12.8. The minimum absolute atomic E-state index is 0.0489. The lowest BCUT2D eigenvalue weighted by molar-refractivity contribution is -0.143. The summed E-state index contributed by atoms with van der Waals surface area (Å²) in [5.41, 5.74) is -4.03. The van der Waals surface area contributed by atoms with Crippen molar-refractivity contribution in [1.29, 1.82) is 0 Å². The minimum Gasteiger partial charge on any atom is -0.439 e. The number of nitrogens with one attached hydrogen (secondary N) is 1. The Balaban J connectivity index is 2.09. The summed E-state index contributed by atoms with van der Waals surface area (Å²) in [6, 6.07) is 1.24. The largest absolute Gasteiger partial charge is 0.439 e. The number of hydrogen-bond acceptors (Lipinski definition) is 2. The van der Waals surface area contributed by atoms with Gasteiger partial charge in [-0.2, -0.15) is 26.3 Å². The van der Waals surface area contributed by atoms with E-state index in [1.165, 1.54) is 0 Å². The topological polar surface area (TPSA) is 38.3 Å². The monoisotopic (exact) mass is 325 g/mol. The maximum absolute atomic E-state index is 12.8. The maximum Gasteiger partial charge on any atom is 0.416 e. The van der Waals surface area contributed by atoms with Gasteiger partial charge in [-0.25, -0.2) is 4.79 Å². The highest BCUT2D eigenvalue weighted by Crippen LogP contribution is 2.52. The van der Waals surface area contributed by atoms with E-state index in [9.17, 15) is 31.1 Å². The molecule has 1 atom stereocenters. The molecule has 1 aromatic carbocycles. The molecule has 0 aromatic heterocycles. The number of ether oxygens (including phenoxy) is 1. The van der Waals surface area contributed by atoms with Gasteiger partial charge >= 0.3 is 18.4 Å². The van der Waals surface area contributed by atoms with Crippen LogP contribution in [0.15, 0.2) is 18.2 Å². The standard InChI is InChI=1S/C13H9F6NO2/c14-12(15,16)7-3-6(4-8(5-7)13(17,18)19)9-11(1-2-11)20-10(21)22-9/h3-5,9H,1-2H2,(H,20,21). The summed E-state index contributed by atoms with van der Waals surface area (Å²) in [6.45, 7) is 0. The first-order valence-electron chi connectivity index (χ1n) is 6.29. The molecule has 2 aliphatic rings. The van der Waals surface area contributed by atoms with Gasteiger partial charge in [-0.1, -0.05) is 0 Å².